The molecule has 0 amide bonds. The van der Waals surface area contributed by atoms with E-state index in [-0.39, 0.29) is 22.3 Å². The summed E-state index contributed by atoms with van der Waals surface area (Å²) in [5.74, 6) is 0.380. The van der Waals surface area contributed by atoms with E-state index >= 15 is 0 Å². The van der Waals surface area contributed by atoms with Crippen LogP contribution in [0, 0.1) is 0 Å². The Balaban J connectivity index is 2.44. The summed E-state index contributed by atoms with van der Waals surface area (Å²) in [4.78, 5) is 9.69. The van der Waals surface area contributed by atoms with E-state index in [4.69, 9.17) is 10.5 Å². The molecule has 0 bridgehead atoms. The average Bonchev–Trinajstić information content (AvgIpc) is 2.47. The summed E-state index contributed by atoms with van der Waals surface area (Å²) < 4.78 is 32.3. The molecule has 3 N–H and O–H groups in total. The average molecular weight is 323 g/mol. The van der Waals surface area contributed by atoms with E-state index < -0.39 is 10.0 Å². The molecular weight excluding hydrogens is 306 g/mol. The third-order valence-corrected chi connectivity index (χ3v) is 4.25. The second kappa shape index (κ2) is 6.06. The van der Waals surface area contributed by atoms with Crippen LogP contribution in [0.3, 0.4) is 0 Å². The maximum absolute atomic E-state index is 12.5. The summed E-state index contributed by atoms with van der Waals surface area (Å²) >= 11 is 0. The summed E-state index contributed by atoms with van der Waals surface area (Å²) in [5, 5.41) is 0. The minimum absolute atomic E-state index is 0.00414. The first-order chi connectivity index (χ1) is 10.3. The van der Waals surface area contributed by atoms with Gasteiger partial charge in [-0.2, -0.15) is 4.98 Å². The highest BCUT2D eigenvalue weighted by Gasteiger charge is 2.20. The van der Waals surface area contributed by atoms with E-state index in [9.17, 15) is 8.42 Å². The van der Waals surface area contributed by atoms with Crippen molar-refractivity contribution in [3.05, 3.63) is 30.5 Å². The maximum Gasteiger partial charge on any atom is 0.318 e. The smallest absolute Gasteiger partial charge is 0.318 e. The molecule has 0 fully saturated rings. The number of hydrogen-bond donors (Lipinski definition) is 2. The lowest BCUT2D eigenvalue weighted by Crippen LogP contribution is -2.19. The second-order valence-corrected chi connectivity index (χ2v) is 6.28. The van der Waals surface area contributed by atoms with Crippen molar-refractivity contribution >= 4 is 27.2 Å². The number of aromatic nitrogens is 2. The molecule has 0 unspecified atom stereocenters. The number of nitrogens with one attached hydrogen (secondary N) is 1. The van der Waals surface area contributed by atoms with Crippen molar-refractivity contribution in [2.24, 2.45) is 0 Å². The summed E-state index contributed by atoms with van der Waals surface area (Å²) in [6.07, 6.45) is 1.35. The molecule has 0 saturated carbocycles. The molecule has 0 aliphatic rings. The molecule has 1 aromatic heterocycles. The van der Waals surface area contributed by atoms with E-state index in [0.717, 1.165) is 0 Å². The molecule has 0 spiro atoms. The first-order valence-corrected chi connectivity index (χ1v) is 7.79. The van der Waals surface area contributed by atoms with Gasteiger partial charge in [-0.15, -0.1) is 0 Å². The topological polar surface area (TPSA) is 110 Å². The molecule has 0 atom stereocenters. The molecule has 1 aromatic carbocycles. The Morgan fingerprint density at radius 2 is 1.95 bits per heavy atom. The van der Waals surface area contributed by atoms with E-state index in [2.05, 4.69) is 14.7 Å². The van der Waals surface area contributed by atoms with Gasteiger partial charge in [-0.1, -0.05) is 12.1 Å². The molecule has 0 aliphatic carbocycles. The number of nitrogen functional groups attached to an aromatic ring is 1. The van der Waals surface area contributed by atoms with Gasteiger partial charge in [0.15, 0.2) is 5.82 Å². The molecular formula is C13H17N5O3S. The normalized spacial score (nSPS) is 11.0. The number of ether oxygens (including phenoxy) is 1. The number of nitrogens with zero attached hydrogens (tertiary/aromatic N) is 3. The summed E-state index contributed by atoms with van der Waals surface area (Å²) in [7, 11) is 1.06. The zero-order valence-electron chi connectivity index (χ0n) is 12.4. The molecule has 1 heterocycles. The van der Waals surface area contributed by atoms with Gasteiger partial charge in [0, 0.05) is 14.1 Å². The highest BCUT2D eigenvalue weighted by Crippen LogP contribution is 2.27. The van der Waals surface area contributed by atoms with Crippen LogP contribution in [0.15, 0.2) is 35.4 Å². The molecule has 2 aromatic rings. The van der Waals surface area contributed by atoms with Gasteiger partial charge in [0.25, 0.3) is 10.0 Å². The third kappa shape index (κ3) is 3.19. The fourth-order valence-corrected chi connectivity index (χ4v) is 2.97. The van der Waals surface area contributed by atoms with Crippen LogP contribution in [0.25, 0.3) is 0 Å². The Bertz CT molecular complexity index is 777. The summed E-state index contributed by atoms with van der Waals surface area (Å²) in [5.41, 5.74) is 6.12. The van der Waals surface area contributed by atoms with Crippen molar-refractivity contribution in [3.63, 3.8) is 0 Å². The van der Waals surface area contributed by atoms with Gasteiger partial charge in [0.2, 0.25) is 0 Å². The lowest BCUT2D eigenvalue weighted by molar-refractivity contribution is 0.380. The van der Waals surface area contributed by atoms with Gasteiger partial charge in [-0.05, 0) is 12.1 Å². The lowest BCUT2D eigenvalue weighted by Gasteiger charge is -2.17. The van der Waals surface area contributed by atoms with Crippen LogP contribution in [-0.4, -0.2) is 39.6 Å². The standard InChI is InChI=1S/C13H17N5O3S/c1-18(2)12-10(8-15-13(16-12)21-3)17-22(19,20)11-7-5-4-6-9(11)14/h4-8,17H,14H2,1-3H3. The Kier molecular flexibility index (Phi) is 4.36. The predicted octanol–water partition coefficient (Wildman–Crippen LogP) is 0.934. The van der Waals surface area contributed by atoms with Crippen molar-refractivity contribution in [3.8, 4) is 6.01 Å². The minimum Gasteiger partial charge on any atom is -0.467 e. The van der Waals surface area contributed by atoms with Crippen LogP contribution in [0.5, 0.6) is 6.01 Å². The molecule has 2 rings (SSSR count). The van der Waals surface area contributed by atoms with Gasteiger partial charge in [0.1, 0.15) is 10.6 Å². The van der Waals surface area contributed by atoms with Crippen LogP contribution in [0.1, 0.15) is 0 Å². The zero-order chi connectivity index (χ0) is 16.3. The minimum atomic E-state index is -3.84. The fraction of sp³-hybridized carbons (Fsp3) is 0.231. The number of rotatable bonds is 5. The molecule has 22 heavy (non-hydrogen) atoms. The van der Waals surface area contributed by atoms with E-state index in [1.807, 2.05) is 0 Å². The van der Waals surface area contributed by atoms with Gasteiger partial charge in [-0.25, -0.2) is 13.4 Å². The Morgan fingerprint density at radius 1 is 1.27 bits per heavy atom. The Hall–Kier alpha value is -2.55. The number of para-hydroxylation sites is 1. The van der Waals surface area contributed by atoms with E-state index in [0.29, 0.717) is 5.82 Å². The highest BCUT2D eigenvalue weighted by molar-refractivity contribution is 7.92. The fourth-order valence-electron chi connectivity index (χ4n) is 1.79. The van der Waals surface area contributed by atoms with Crippen molar-refractivity contribution in [2.75, 3.05) is 36.6 Å². The summed E-state index contributed by atoms with van der Waals surface area (Å²) in [6, 6.07) is 6.35. The van der Waals surface area contributed by atoms with Crippen molar-refractivity contribution < 1.29 is 13.2 Å². The van der Waals surface area contributed by atoms with Gasteiger partial charge in [0.05, 0.1) is 19.0 Å². The number of sulfonamides is 1. The van der Waals surface area contributed by atoms with Crippen molar-refractivity contribution in [2.45, 2.75) is 4.90 Å². The van der Waals surface area contributed by atoms with Crippen molar-refractivity contribution in [1.29, 1.82) is 0 Å². The molecule has 8 nitrogen and oxygen atoms in total. The van der Waals surface area contributed by atoms with Crippen LogP contribution < -0.4 is 20.1 Å². The SMILES string of the molecule is COc1ncc(NS(=O)(=O)c2ccccc2N)c(N(C)C)n1. The molecule has 118 valence electrons. The van der Waals surface area contributed by atoms with Crippen LogP contribution in [0.2, 0.25) is 0 Å². The zero-order valence-corrected chi connectivity index (χ0v) is 13.3. The molecule has 0 saturated heterocycles. The Morgan fingerprint density at radius 3 is 2.55 bits per heavy atom. The van der Waals surface area contributed by atoms with Gasteiger partial charge in [-0.3, -0.25) is 4.72 Å². The first kappa shape index (κ1) is 15.8. The van der Waals surface area contributed by atoms with Crippen molar-refractivity contribution in [1.82, 2.24) is 9.97 Å². The number of nitrogens with two attached hydrogens (primary N) is 1. The second-order valence-electron chi connectivity index (χ2n) is 4.63. The quantitative estimate of drug-likeness (QED) is 0.788. The molecule has 0 radical (unpaired) electrons. The number of methoxy groups -OCH3 is 1. The van der Waals surface area contributed by atoms with Crippen LogP contribution in [0.4, 0.5) is 17.2 Å². The van der Waals surface area contributed by atoms with Crippen LogP contribution >= 0.6 is 0 Å². The summed E-state index contributed by atoms with van der Waals surface area (Å²) in [6.45, 7) is 0. The van der Waals surface area contributed by atoms with Gasteiger partial charge >= 0.3 is 6.01 Å². The Labute approximate surface area is 129 Å². The maximum atomic E-state index is 12.5. The van der Waals surface area contributed by atoms with Gasteiger partial charge < -0.3 is 15.4 Å². The molecule has 0 aliphatic heterocycles. The number of benzene rings is 1. The largest absolute Gasteiger partial charge is 0.467 e. The predicted molar refractivity (Wildman–Crippen MR) is 84.6 cm³/mol. The lowest BCUT2D eigenvalue weighted by atomic mass is 10.3. The molecule has 9 heteroatoms. The monoisotopic (exact) mass is 323 g/mol. The highest BCUT2D eigenvalue weighted by atomic mass is 32.2. The van der Waals surface area contributed by atoms with E-state index in [1.54, 1.807) is 31.1 Å². The third-order valence-electron chi connectivity index (χ3n) is 2.81. The first-order valence-electron chi connectivity index (χ1n) is 6.31. The number of hydrogen-bond acceptors (Lipinski definition) is 7. The number of anilines is 3. The van der Waals surface area contributed by atoms with Crippen LogP contribution in [-0.2, 0) is 10.0 Å². The van der Waals surface area contributed by atoms with E-state index in [1.165, 1.54) is 25.4 Å².